The number of carbonyl (C=O) groups excluding carboxylic acids is 2. The third-order valence-electron chi connectivity index (χ3n) is 2.70. The van der Waals surface area contributed by atoms with Gasteiger partial charge < -0.3 is 19.5 Å². The molecule has 25 heavy (non-hydrogen) atoms. The standard InChI is InChI=1S/C19H27NO5/c1-7-8-20-18(22)14-9-15(11-16(10-14)24-13(2)3)23-12-17(21)25-19(4,5)6/h7,9-11,13H,1,8,12H2,2-6H3,(H,20,22). The van der Waals surface area contributed by atoms with Gasteiger partial charge in [0.05, 0.1) is 6.10 Å². The molecular formula is C19H27NO5. The van der Waals surface area contributed by atoms with E-state index in [-0.39, 0.29) is 18.6 Å². The van der Waals surface area contributed by atoms with Gasteiger partial charge in [-0.25, -0.2) is 4.79 Å². The third kappa shape index (κ3) is 8.24. The maximum absolute atomic E-state index is 12.2. The summed E-state index contributed by atoms with van der Waals surface area (Å²) in [4.78, 5) is 23.9. The Kier molecular flexibility index (Phi) is 7.48. The molecule has 0 bridgehead atoms. The van der Waals surface area contributed by atoms with E-state index in [2.05, 4.69) is 11.9 Å². The van der Waals surface area contributed by atoms with Crippen LogP contribution in [0.4, 0.5) is 0 Å². The van der Waals surface area contributed by atoms with E-state index in [1.165, 1.54) is 0 Å². The fourth-order valence-corrected chi connectivity index (χ4v) is 1.91. The van der Waals surface area contributed by atoms with E-state index in [1.54, 1.807) is 45.0 Å². The molecule has 1 rings (SSSR count). The molecule has 0 unspecified atom stereocenters. The molecule has 0 saturated heterocycles. The maximum Gasteiger partial charge on any atom is 0.344 e. The molecular weight excluding hydrogens is 322 g/mol. The van der Waals surface area contributed by atoms with Crippen molar-refractivity contribution in [1.29, 1.82) is 0 Å². The van der Waals surface area contributed by atoms with Crippen molar-refractivity contribution in [3.63, 3.8) is 0 Å². The monoisotopic (exact) mass is 349 g/mol. The molecule has 0 saturated carbocycles. The quantitative estimate of drug-likeness (QED) is 0.577. The van der Waals surface area contributed by atoms with Gasteiger partial charge in [0.25, 0.3) is 5.91 Å². The van der Waals surface area contributed by atoms with Crippen molar-refractivity contribution in [3.05, 3.63) is 36.4 Å². The second kappa shape index (κ2) is 9.11. The predicted octanol–water partition coefficient (Wildman–Crippen LogP) is 3.11. The SMILES string of the molecule is C=CCNC(=O)c1cc(OCC(=O)OC(C)(C)C)cc(OC(C)C)c1. The smallest absolute Gasteiger partial charge is 0.344 e. The minimum Gasteiger partial charge on any atom is -0.491 e. The molecule has 0 aromatic heterocycles. The van der Waals surface area contributed by atoms with Crippen LogP contribution < -0.4 is 14.8 Å². The maximum atomic E-state index is 12.2. The summed E-state index contributed by atoms with van der Waals surface area (Å²) in [6, 6.07) is 4.81. The Labute approximate surface area is 149 Å². The third-order valence-corrected chi connectivity index (χ3v) is 2.70. The summed E-state index contributed by atoms with van der Waals surface area (Å²) in [5.74, 6) is 0.0739. The van der Waals surface area contributed by atoms with Crippen LogP contribution >= 0.6 is 0 Å². The van der Waals surface area contributed by atoms with Gasteiger partial charge in [-0.05, 0) is 46.8 Å². The number of hydrogen-bond donors (Lipinski definition) is 1. The molecule has 6 heteroatoms. The van der Waals surface area contributed by atoms with Crippen molar-refractivity contribution in [2.75, 3.05) is 13.2 Å². The van der Waals surface area contributed by atoms with Gasteiger partial charge in [0.1, 0.15) is 17.1 Å². The van der Waals surface area contributed by atoms with Gasteiger partial charge in [-0.3, -0.25) is 4.79 Å². The van der Waals surface area contributed by atoms with Crippen molar-refractivity contribution < 1.29 is 23.8 Å². The van der Waals surface area contributed by atoms with Gasteiger partial charge in [-0.1, -0.05) is 6.08 Å². The van der Waals surface area contributed by atoms with E-state index in [4.69, 9.17) is 14.2 Å². The van der Waals surface area contributed by atoms with E-state index < -0.39 is 11.6 Å². The molecule has 1 aromatic carbocycles. The fourth-order valence-electron chi connectivity index (χ4n) is 1.91. The Morgan fingerprint density at radius 3 is 2.40 bits per heavy atom. The van der Waals surface area contributed by atoms with Crippen LogP contribution in [-0.2, 0) is 9.53 Å². The highest BCUT2D eigenvalue weighted by atomic mass is 16.6. The van der Waals surface area contributed by atoms with Crippen molar-refractivity contribution in [2.24, 2.45) is 0 Å². The summed E-state index contributed by atoms with van der Waals surface area (Å²) in [5, 5.41) is 2.69. The van der Waals surface area contributed by atoms with Crippen LogP contribution in [0.3, 0.4) is 0 Å². The number of nitrogens with one attached hydrogen (secondary N) is 1. The number of hydrogen-bond acceptors (Lipinski definition) is 5. The molecule has 0 aliphatic heterocycles. The van der Waals surface area contributed by atoms with Crippen LogP contribution in [0.1, 0.15) is 45.0 Å². The van der Waals surface area contributed by atoms with E-state index in [9.17, 15) is 9.59 Å². The summed E-state index contributed by atoms with van der Waals surface area (Å²) in [6.07, 6.45) is 1.52. The minimum absolute atomic E-state index is 0.0646. The van der Waals surface area contributed by atoms with Gasteiger partial charge in [0.2, 0.25) is 0 Å². The zero-order valence-electron chi connectivity index (χ0n) is 15.5. The van der Waals surface area contributed by atoms with Gasteiger partial charge in [-0.15, -0.1) is 6.58 Å². The van der Waals surface area contributed by atoms with Gasteiger partial charge in [-0.2, -0.15) is 0 Å². The summed E-state index contributed by atoms with van der Waals surface area (Å²) >= 11 is 0. The molecule has 0 spiro atoms. The van der Waals surface area contributed by atoms with Crippen LogP contribution in [0.25, 0.3) is 0 Å². The van der Waals surface area contributed by atoms with Gasteiger partial charge >= 0.3 is 5.97 Å². The van der Waals surface area contributed by atoms with Crippen LogP contribution in [-0.4, -0.2) is 36.7 Å². The first-order chi connectivity index (χ1) is 11.6. The van der Waals surface area contributed by atoms with E-state index in [0.717, 1.165) is 0 Å². The fraction of sp³-hybridized carbons (Fsp3) is 0.474. The average molecular weight is 349 g/mol. The second-order valence-electron chi connectivity index (χ2n) is 6.73. The lowest BCUT2D eigenvalue weighted by atomic mass is 10.2. The Balaban J connectivity index is 2.91. The number of esters is 1. The Morgan fingerprint density at radius 1 is 1.20 bits per heavy atom. The lowest BCUT2D eigenvalue weighted by molar-refractivity contribution is -0.157. The summed E-state index contributed by atoms with van der Waals surface area (Å²) in [5.41, 5.74) is -0.210. The van der Waals surface area contributed by atoms with Crippen molar-refractivity contribution >= 4 is 11.9 Å². The summed E-state index contributed by atoms with van der Waals surface area (Å²) < 4.78 is 16.3. The number of ether oxygens (including phenoxy) is 3. The van der Waals surface area contributed by atoms with Crippen LogP contribution in [0.2, 0.25) is 0 Å². The molecule has 0 aliphatic rings. The first kappa shape index (κ1) is 20.5. The zero-order valence-corrected chi connectivity index (χ0v) is 15.5. The van der Waals surface area contributed by atoms with E-state index >= 15 is 0 Å². The molecule has 0 radical (unpaired) electrons. The highest BCUT2D eigenvalue weighted by molar-refractivity contribution is 5.95. The van der Waals surface area contributed by atoms with Crippen LogP contribution in [0.5, 0.6) is 11.5 Å². The first-order valence-corrected chi connectivity index (χ1v) is 8.16. The summed E-state index contributed by atoms with van der Waals surface area (Å²) in [7, 11) is 0. The molecule has 1 amide bonds. The largest absolute Gasteiger partial charge is 0.491 e. The van der Waals surface area contributed by atoms with E-state index in [1.807, 2.05) is 13.8 Å². The van der Waals surface area contributed by atoms with Gasteiger partial charge in [0.15, 0.2) is 6.61 Å². The summed E-state index contributed by atoms with van der Waals surface area (Å²) in [6.45, 7) is 12.8. The van der Waals surface area contributed by atoms with Crippen molar-refractivity contribution in [3.8, 4) is 11.5 Å². The number of amides is 1. The molecule has 138 valence electrons. The lowest BCUT2D eigenvalue weighted by Gasteiger charge is -2.19. The van der Waals surface area contributed by atoms with Gasteiger partial charge in [0, 0.05) is 18.2 Å². The van der Waals surface area contributed by atoms with Crippen molar-refractivity contribution in [1.82, 2.24) is 5.32 Å². The first-order valence-electron chi connectivity index (χ1n) is 8.16. The molecule has 6 nitrogen and oxygen atoms in total. The molecule has 0 aliphatic carbocycles. The van der Waals surface area contributed by atoms with Crippen LogP contribution in [0.15, 0.2) is 30.9 Å². The number of carbonyl (C=O) groups is 2. The number of rotatable bonds is 8. The number of benzene rings is 1. The zero-order chi connectivity index (χ0) is 19.0. The van der Waals surface area contributed by atoms with Crippen LogP contribution in [0, 0.1) is 0 Å². The minimum atomic E-state index is -0.585. The average Bonchev–Trinajstić information content (AvgIpc) is 2.48. The molecule has 1 aromatic rings. The Hall–Kier alpha value is -2.50. The van der Waals surface area contributed by atoms with Crippen molar-refractivity contribution in [2.45, 2.75) is 46.3 Å². The predicted molar refractivity (Wildman–Crippen MR) is 96.1 cm³/mol. The molecule has 1 N–H and O–H groups in total. The normalized spacial score (nSPS) is 11.0. The highest BCUT2D eigenvalue weighted by Gasteiger charge is 2.17. The molecule has 0 fully saturated rings. The molecule has 0 heterocycles. The Bertz CT molecular complexity index is 617. The Morgan fingerprint density at radius 2 is 1.84 bits per heavy atom. The lowest BCUT2D eigenvalue weighted by Crippen LogP contribution is -2.27. The molecule has 0 atom stereocenters. The van der Waals surface area contributed by atoms with E-state index in [0.29, 0.717) is 23.6 Å². The topological polar surface area (TPSA) is 73.9 Å². The highest BCUT2D eigenvalue weighted by Crippen LogP contribution is 2.24. The second-order valence-corrected chi connectivity index (χ2v) is 6.73.